The minimum Gasteiger partial charge on any atom is -0.352 e. The van der Waals surface area contributed by atoms with Gasteiger partial charge in [-0.3, -0.25) is 9.48 Å². The van der Waals surface area contributed by atoms with Crippen molar-refractivity contribution < 1.29 is 4.79 Å². The van der Waals surface area contributed by atoms with Crippen molar-refractivity contribution in [1.29, 1.82) is 0 Å². The van der Waals surface area contributed by atoms with E-state index < -0.39 is 0 Å². The summed E-state index contributed by atoms with van der Waals surface area (Å²) >= 11 is 0. The van der Waals surface area contributed by atoms with E-state index in [2.05, 4.69) is 32.3 Å². The van der Waals surface area contributed by atoms with E-state index in [1.807, 2.05) is 24.9 Å². The summed E-state index contributed by atoms with van der Waals surface area (Å²) in [5, 5.41) is 13.0. The summed E-state index contributed by atoms with van der Waals surface area (Å²) < 4.78 is 1.66. The molecule has 0 aromatic carbocycles. The van der Waals surface area contributed by atoms with Crippen LogP contribution >= 0.6 is 0 Å². The van der Waals surface area contributed by atoms with E-state index in [4.69, 9.17) is 0 Å². The van der Waals surface area contributed by atoms with Gasteiger partial charge in [-0.1, -0.05) is 0 Å². The molecule has 0 unspecified atom stereocenters. The average molecular weight is 326 g/mol. The minimum absolute atomic E-state index is 0.0490. The number of amides is 1. The van der Waals surface area contributed by atoms with Crippen LogP contribution < -0.4 is 4.90 Å². The van der Waals surface area contributed by atoms with Gasteiger partial charge in [-0.2, -0.15) is 10.2 Å². The van der Waals surface area contributed by atoms with Crippen LogP contribution in [0, 0.1) is 6.92 Å². The third-order valence-corrected chi connectivity index (χ3v) is 4.78. The van der Waals surface area contributed by atoms with Crippen LogP contribution in [-0.4, -0.2) is 57.0 Å². The Kier molecular flexibility index (Phi) is 3.70. The average Bonchev–Trinajstić information content (AvgIpc) is 3.39. The molecular formula is C17H22N6O. The number of aryl methyl sites for hydroxylation is 2. The fourth-order valence-corrected chi connectivity index (χ4v) is 3.21. The molecule has 0 spiro atoms. The van der Waals surface area contributed by atoms with E-state index in [1.54, 1.807) is 4.68 Å². The second-order valence-corrected chi connectivity index (χ2v) is 6.66. The lowest BCUT2D eigenvalue weighted by Gasteiger charge is -2.35. The molecule has 1 amide bonds. The number of nitrogens with zero attached hydrogens (tertiary/aromatic N) is 6. The second-order valence-electron chi connectivity index (χ2n) is 6.66. The smallest absolute Gasteiger partial charge is 0.272 e. The molecule has 2 aromatic heterocycles. The predicted molar refractivity (Wildman–Crippen MR) is 90.1 cm³/mol. The maximum atomic E-state index is 12.6. The van der Waals surface area contributed by atoms with Gasteiger partial charge in [0.25, 0.3) is 5.91 Å². The summed E-state index contributed by atoms with van der Waals surface area (Å²) in [5.74, 6) is 1.58. The highest BCUT2D eigenvalue weighted by atomic mass is 16.2. The Bertz CT molecular complexity index is 741. The number of aromatic nitrogens is 4. The lowest BCUT2D eigenvalue weighted by Crippen LogP contribution is -2.49. The van der Waals surface area contributed by atoms with Gasteiger partial charge in [0.15, 0.2) is 5.82 Å². The van der Waals surface area contributed by atoms with Crippen LogP contribution in [0.1, 0.15) is 40.6 Å². The number of hydrogen-bond acceptors (Lipinski definition) is 5. The summed E-state index contributed by atoms with van der Waals surface area (Å²) in [5.41, 5.74) is 2.62. The first-order valence-corrected chi connectivity index (χ1v) is 8.50. The molecule has 7 heteroatoms. The largest absolute Gasteiger partial charge is 0.352 e. The van der Waals surface area contributed by atoms with E-state index in [-0.39, 0.29) is 5.91 Å². The molecule has 4 rings (SSSR count). The summed E-state index contributed by atoms with van der Waals surface area (Å²) in [6.07, 6.45) is 2.48. The third-order valence-electron chi connectivity index (χ3n) is 4.78. The normalized spacial score (nSPS) is 18.1. The highest BCUT2D eigenvalue weighted by Crippen LogP contribution is 2.38. The van der Waals surface area contributed by atoms with Gasteiger partial charge in [0.05, 0.1) is 11.4 Å². The second kappa shape index (κ2) is 5.89. The van der Waals surface area contributed by atoms with Crippen LogP contribution in [0.4, 0.5) is 5.82 Å². The Morgan fingerprint density at radius 1 is 1.12 bits per heavy atom. The van der Waals surface area contributed by atoms with E-state index in [1.165, 1.54) is 12.8 Å². The van der Waals surface area contributed by atoms with Crippen molar-refractivity contribution in [3.8, 4) is 0 Å². The van der Waals surface area contributed by atoms with Gasteiger partial charge in [-0.05, 0) is 38.0 Å². The zero-order chi connectivity index (χ0) is 16.7. The van der Waals surface area contributed by atoms with Crippen LogP contribution in [0.15, 0.2) is 18.2 Å². The van der Waals surface area contributed by atoms with Crippen LogP contribution in [0.5, 0.6) is 0 Å². The van der Waals surface area contributed by atoms with E-state index in [0.29, 0.717) is 24.7 Å². The molecule has 0 bridgehead atoms. The summed E-state index contributed by atoms with van der Waals surface area (Å²) in [6, 6.07) is 6.00. The maximum absolute atomic E-state index is 12.6. The molecule has 126 valence electrons. The fraction of sp³-hybridized carbons (Fsp3) is 0.529. The molecule has 1 saturated carbocycles. The zero-order valence-corrected chi connectivity index (χ0v) is 14.1. The van der Waals surface area contributed by atoms with Gasteiger partial charge >= 0.3 is 0 Å². The molecular weight excluding hydrogens is 304 g/mol. The number of piperazine rings is 1. The molecule has 2 aromatic rings. The SMILES string of the molecule is Cc1cc(C(=O)N2CCN(c3ccc(C4CC4)nn3)CC2)n(C)n1. The highest BCUT2D eigenvalue weighted by molar-refractivity contribution is 5.92. The lowest BCUT2D eigenvalue weighted by atomic mass is 10.2. The van der Waals surface area contributed by atoms with Gasteiger partial charge in [-0.15, -0.1) is 5.10 Å². The first-order valence-electron chi connectivity index (χ1n) is 8.50. The predicted octanol–water partition coefficient (Wildman–Crippen LogP) is 1.36. The van der Waals surface area contributed by atoms with Crippen molar-refractivity contribution in [1.82, 2.24) is 24.9 Å². The van der Waals surface area contributed by atoms with Crippen molar-refractivity contribution in [2.75, 3.05) is 31.1 Å². The quantitative estimate of drug-likeness (QED) is 0.852. The number of anilines is 1. The molecule has 1 saturated heterocycles. The topological polar surface area (TPSA) is 67.2 Å². The summed E-state index contributed by atoms with van der Waals surface area (Å²) in [4.78, 5) is 16.7. The number of carbonyl (C=O) groups excluding carboxylic acids is 1. The summed E-state index contributed by atoms with van der Waals surface area (Å²) in [7, 11) is 1.81. The van der Waals surface area contributed by atoms with Crippen molar-refractivity contribution in [2.45, 2.75) is 25.7 Å². The van der Waals surface area contributed by atoms with Crippen LogP contribution in [0.3, 0.4) is 0 Å². The number of hydrogen-bond donors (Lipinski definition) is 0. The minimum atomic E-state index is 0.0490. The molecule has 0 N–H and O–H groups in total. The lowest BCUT2D eigenvalue weighted by molar-refractivity contribution is 0.0735. The molecule has 0 radical (unpaired) electrons. The van der Waals surface area contributed by atoms with E-state index >= 15 is 0 Å². The molecule has 1 aliphatic heterocycles. The molecule has 24 heavy (non-hydrogen) atoms. The van der Waals surface area contributed by atoms with Crippen LogP contribution in [0.2, 0.25) is 0 Å². The Balaban J connectivity index is 1.39. The van der Waals surface area contributed by atoms with Crippen LogP contribution in [-0.2, 0) is 7.05 Å². The third kappa shape index (κ3) is 2.86. The first kappa shape index (κ1) is 15.1. The van der Waals surface area contributed by atoms with Crippen molar-refractivity contribution in [2.24, 2.45) is 7.05 Å². The Morgan fingerprint density at radius 2 is 1.88 bits per heavy atom. The number of rotatable bonds is 3. The van der Waals surface area contributed by atoms with Gasteiger partial charge in [0, 0.05) is 39.1 Å². The summed E-state index contributed by atoms with van der Waals surface area (Å²) in [6.45, 7) is 4.84. The van der Waals surface area contributed by atoms with Gasteiger partial charge in [0.2, 0.25) is 0 Å². The maximum Gasteiger partial charge on any atom is 0.272 e. The molecule has 7 nitrogen and oxygen atoms in total. The van der Waals surface area contributed by atoms with Crippen molar-refractivity contribution in [3.63, 3.8) is 0 Å². The standard InChI is InChI=1S/C17H22N6O/c1-12-11-15(21(2)20-12)17(24)23-9-7-22(8-10-23)16-6-5-14(18-19-16)13-3-4-13/h5-6,11,13H,3-4,7-10H2,1-2H3. The van der Waals surface area contributed by atoms with E-state index in [0.717, 1.165) is 30.3 Å². The van der Waals surface area contributed by atoms with Gasteiger partial charge in [-0.25, -0.2) is 0 Å². The monoisotopic (exact) mass is 326 g/mol. The number of carbonyl (C=O) groups is 1. The van der Waals surface area contributed by atoms with Gasteiger partial charge in [0.1, 0.15) is 5.69 Å². The van der Waals surface area contributed by atoms with Crippen molar-refractivity contribution in [3.05, 3.63) is 35.3 Å². The molecule has 0 atom stereocenters. The Labute approximate surface area is 141 Å². The Hall–Kier alpha value is -2.44. The molecule has 1 aliphatic carbocycles. The fourth-order valence-electron chi connectivity index (χ4n) is 3.21. The highest BCUT2D eigenvalue weighted by Gasteiger charge is 2.27. The first-order chi connectivity index (χ1) is 11.6. The van der Waals surface area contributed by atoms with Crippen LogP contribution in [0.25, 0.3) is 0 Å². The molecule has 3 heterocycles. The molecule has 2 aliphatic rings. The van der Waals surface area contributed by atoms with E-state index in [9.17, 15) is 4.79 Å². The molecule has 2 fully saturated rings. The Morgan fingerprint density at radius 3 is 2.42 bits per heavy atom. The van der Waals surface area contributed by atoms with Gasteiger partial charge < -0.3 is 9.80 Å². The van der Waals surface area contributed by atoms with Crippen molar-refractivity contribution >= 4 is 11.7 Å². The zero-order valence-electron chi connectivity index (χ0n) is 14.1.